The fraction of sp³-hybridized carbons (Fsp3) is 0.538. The highest BCUT2D eigenvalue weighted by molar-refractivity contribution is 5.24. The molecule has 0 saturated heterocycles. The van der Waals surface area contributed by atoms with Gasteiger partial charge >= 0.3 is 0 Å². The smallest absolute Gasteiger partial charge is 0.0294 e. The third-order valence-corrected chi connectivity index (χ3v) is 2.68. The second-order valence-corrected chi connectivity index (χ2v) is 3.84. The summed E-state index contributed by atoms with van der Waals surface area (Å²) < 4.78 is 0. The van der Waals surface area contributed by atoms with Crippen LogP contribution in [0.1, 0.15) is 50.3 Å². The summed E-state index contributed by atoms with van der Waals surface area (Å²) in [5.41, 5.74) is 8.73. The van der Waals surface area contributed by atoms with Gasteiger partial charge in [-0.15, -0.1) is 0 Å². The molecular formula is C13H21N. The van der Waals surface area contributed by atoms with E-state index in [2.05, 4.69) is 38.1 Å². The molecule has 1 nitrogen and oxygen atoms in total. The summed E-state index contributed by atoms with van der Waals surface area (Å²) >= 11 is 0. The molecular weight excluding hydrogens is 170 g/mol. The molecule has 0 saturated carbocycles. The Labute approximate surface area is 87.3 Å². The molecule has 0 heterocycles. The summed E-state index contributed by atoms with van der Waals surface area (Å²) in [6.45, 7) is 4.37. The highest BCUT2D eigenvalue weighted by Crippen LogP contribution is 2.17. The van der Waals surface area contributed by atoms with Gasteiger partial charge in [-0.25, -0.2) is 0 Å². The Balaban J connectivity index is 2.57. The van der Waals surface area contributed by atoms with Crippen molar-refractivity contribution < 1.29 is 0 Å². The number of nitrogens with two attached hydrogens (primary N) is 1. The number of hydrogen-bond acceptors (Lipinski definition) is 1. The number of aryl methyl sites for hydroxylation is 1. The van der Waals surface area contributed by atoms with Gasteiger partial charge in [0.05, 0.1) is 0 Å². The van der Waals surface area contributed by atoms with Crippen molar-refractivity contribution in [3.05, 3.63) is 35.4 Å². The lowest BCUT2D eigenvalue weighted by Gasteiger charge is -2.11. The van der Waals surface area contributed by atoms with E-state index in [0.717, 1.165) is 12.8 Å². The Morgan fingerprint density at radius 2 is 1.79 bits per heavy atom. The van der Waals surface area contributed by atoms with Gasteiger partial charge in [0.2, 0.25) is 0 Å². The van der Waals surface area contributed by atoms with Crippen LogP contribution in [0, 0.1) is 0 Å². The van der Waals surface area contributed by atoms with E-state index < -0.39 is 0 Å². The zero-order valence-corrected chi connectivity index (χ0v) is 9.29. The number of rotatable bonds is 5. The van der Waals surface area contributed by atoms with Crippen molar-refractivity contribution in [3.63, 3.8) is 0 Å². The van der Waals surface area contributed by atoms with Crippen molar-refractivity contribution >= 4 is 0 Å². The molecule has 78 valence electrons. The van der Waals surface area contributed by atoms with Crippen molar-refractivity contribution in [3.8, 4) is 0 Å². The van der Waals surface area contributed by atoms with E-state index in [4.69, 9.17) is 5.73 Å². The molecule has 0 aromatic heterocycles. The highest BCUT2D eigenvalue weighted by atomic mass is 14.6. The molecule has 0 bridgehead atoms. The summed E-state index contributed by atoms with van der Waals surface area (Å²) in [7, 11) is 0. The van der Waals surface area contributed by atoms with Crippen LogP contribution >= 0.6 is 0 Å². The molecule has 0 radical (unpaired) electrons. The Morgan fingerprint density at radius 3 is 2.29 bits per heavy atom. The zero-order valence-electron chi connectivity index (χ0n) is 9.29. The van der Waals surface area contributed by atoms with Gasteiger partial charge in [0.25, 0.3) is 0 Å². The third-order valence-electron chi connectivity index (χ3n) is 2.68. The monoisotopic (exact) mass is 191 g/mol. The van der Waals surface area contributed by atoms with Crippen LogP contribution in [0.4, 0.5) is 0 Å². The van der Waals surface area contributed by atoms with Crippen molar-refractivity contribution in [2.75, 3.05) is 0 Å². The Hall–Kier alpha value is -0.820. The first-order chi connectivity index (χ1) is 6.77. The zero-order chi connectivity index (χ0) is 10.4. The molecule has 0 amide bonds. The van der Waals surface area contributed by atoms with Crippen LogP contribution in [0.15, 0.2) is 24.3 Å². The molecule has 2 N–H and O–H groups in total. The van der Waals surface area contributed by atoms with E-state index in [1.807, 2.05) is 0 Å². The molecule has 1 unspecified atom stereocenters. The van der Waals surface area contributed by atoms with E-state index in [0.29, 0.717) is 0 Å². The van der Waals surface area contributed by atoms with Crippen molar-refractivity contribution in [2.45, 2.75) is 45.6 Å². The SMILES string of the molecule is CCCCC(N)c1ccc(CC)cc1. The fourth-order valence-corrected chi connectivity index (χ4v) is 1.59. The van der Waals surface area contributed by atoms with Crippen LogP contribution in [-0.4, -0.2) is 0 Å². The van der Waals surface area contributed by atoms with Gasteiger partial charge in [0.1, 0.15) is 0 Å². The number of unbranched alkanes of at least 4 members (excludes halogenated alkanes) is 1. The molecule has 14 heavy (non-hydrogen) atoms. The molecule has 0 fully saturated rings. The number of hydrogen-bond donors (Lipinski definition) is 1. The second-order valence-electron chi connectivity index (χ2n) is 3.84. The van der Waals surface area contributed by atoms with Gasteiger partial charge in [0.15, 0.2) is 0 Å². The maximum atomic E-state index is 6.07. The lowest BCUT2D eigenvalue weighted by molar-refractivity contribution is 0.603. The van der Waals surface area contributed by atoms with E-state index in [1.54, 1.807) is 0 Å². The van der Waals surface area contributed by atoms with Gasteiger partial charge < -0.3 is 5.73 Å². The van der Waals surface area contributed by atoms with E-state index in [-0.39, 0.29) is 6.04 Å². The molecule has 1 atom stereocenters. The van der Waals surface area contributed by atoms with E-state index >= 15 is 0 Å². The lowest BCUT2D eigenvalue weighted by Crippen LogP contribution is -2.09. The average molecular weight is 191 g/mol. The second kappa shape index (κ2) is 5.82. The molecule has 0 aliphatic rings. The van der Waals surface area contributed by atoms with Gasteiger partial charge in [-0.1, -0.05) is 51.0 Å². The van der Waals surface area contributed by atoms with E-state index in [1.165, 1.54) is 24.0 Å². The van der Waals surface area contributed by atoms with Gasteiger partial charge in [-0.05, 0) is 24.0 Å². The first kappa shape index (κ1) is 11.3. The largest absolute Gasteiger partial charge is 0.324 e. The van der Waals surface area contributed by atoms with Crippen molar-refractivity contribution in [2.24, 2.45) is 5.73 Å². The summed E-state index contributed by atoms with van der Waals surface area (Å²) in [5, 5.41) is 0. The average Bonchev–Trinajstić information content (AvgIpc) is 2.26. The molecule has 0 spiro atoms. The Bertz CT molecular complexity index is 250. The highest BCUT2D eigenvalue weighted by Gasteiger charge is 2.04. The molecule has 1 aromatic rings. The topological polar surface area (TPSA) is 26.0 Å². The van der Waals surface area contributed by atoms with Crippen LogP contribution in [0.5, 0.6) is 0 Å². The van der Waals surface area contributed by atoms with Gasteiger partial charge in [-0.2, -0.15) is 0 Å². The van der Waals surface area contributed by atoms with Crippen LogP contribution in [0.25, 0.3) is 0 Å². The van der Waals surface area contributed by atoms with Gasteiger partial charge in [0, 0.05) is 6.04 Å². The Morgan fingerprint density at radius 1 is 1.14 bits per heavy atom. The predicted octanol–water partition coefficient (Wildman–Crippen LogP) is 3.44. The summed E-state index contributed by atoms with van der Waals surface area (Å²) in [6, 6.07) is 8.92. The maximum Gasteiger partial charge on any atom is 0.0294 e. The van der Waals surface area contributed by atoms with Crippen LogP contribution < -0.4 is 5.73 Å². The van der Waals surface area contributed by atoms with Crippen LogP contribution in [0.2, 0.25) is 0 Å². The first-order valence-electron chi connectivity index (χ1n) is 5.62. The summed E-state index contributed by atoms with van der Waals surface area (Å²) in [6.07, 6.45) is 4.64. The maximum absolute atomic E-state index is 6.07. The third kappa shape index (κ3) is 3.15. The summed E-state index contributed by atoms with van der Waals surface area (Å²) in [4.78, 5) is 0. The van der Waals surface area contributed by atoms with Crippen LogP contribution in [-0.2, 0) is 6.42 Å². The van der Waals surface area contributed by atoms with Crippen molar-refractivity contribution in [1.82, 2.24) is 0 Å². The van der Waals surface area contributed by atoms with E-state index in [9.17, 15) is 0 Å². The molecule has 1 rings (SSSR count). The fourth-order valence-electron chi connectivity index (χ4n) is 1.59. The number of benzene rings is 1. The lowest BCUT2D eigenvalue weighted by atomic mass is 10.0. The van der Waals surface area contributed by atoms with Crippen molar-refractivity contribution in [1.29, 1.82) is 0 Å². The minimum atomic E-state index is 0.223. The minimum absolute atomic E-state index is 0.223. The molecule has 1 heteroatoms. The molecule has 0 aliphatic heterocycles. The minimum Gasteiger partial charge on any atom is -0.324 e. The standard InChI is InChI=1S/C13H21N/c1-3-5-6-13(14)12-9-7-11(4-2)8-10-12/h7-10,13H,3-6,14H2,1-2H3. The van der Waals surface area contributed by atoms with Gasteiger partial charge in [-0.3, -0.25) is 0 Å². The first-order valence-corrected chi connectivity index (χ1v) is 5.62. The normalized spacial score (nSPS) is 12.8. The summed E-state index contributed by atoms with van der Waals surface area (Å²) in [5.74, 6) is 0. The predicted molar refractivity (Wildman–Crippen MR) is 62.3 cm³/mol. The molecule has 0 aliphatic carbocycles. The van der Waals surface area contributed by atoms with Crippen LogP contribution in [0.3, 0.4) is 0 Å². The quantitative estimate of drug-likeness (QED) is 0.758. The molecule has 1 aromatic carbocycles. The Kier molecular flexibility index (Phi) is 4.68.